The standard InChI is InChI=1S/C21H18N4.C2H6/c1-15-24-19-12-7-11-18(16-8-3-2-4-9-16)20(19)21(25-15)23-14-17-10-5-6-13-22-17;1-2/h2-13H,14H2,1H3,(H,23,24,25);1-2H3. The number of aromatic nitrogens is 3. The van der Waals surface area contributed by atoms with Gasteiger partial charge in [0, 0.05) is 6.20 Å². The largest absolute Gasteiger partial charge is 0.364 e. The summed E-state index contributed by atoms with van der Waals surface area (Å²) in [4.78, 5) is 13.6. The van der Waals surface area contributed by atoms with Gasteiger partial charge in [-0.3, -0.25) is 4.98 Å². The maximum absolute atomic E-state index is 4.65. The predicted octanol–water partition coefficient (Wildman–Crippen LogP) is 5.64. The van der Waals surface area contributed by atoms with E-state index in [1.165, 1.54) is 0 Å². The quantitative estimate of drug-likeness (QED) is 0.514. The fourth-order valence-electron chi connectivity index (χ4n) is 2.96. The van der Waals surface area contributed by atoms with E-state index in [0.717, 1.165) is 39.4 Å². The van der Waals surface area contributed by atoms with Gasteiger partial charge in [-0.15, -0.1) is 0 Å². The predicted molar refractivity (Wildman–Crippen MR) is 113 cm³/mol. The van der Waals surface area contributed by atoms with Gasteiger partial charge in [-0.2, -0.15) is 0 Å². The lowest BCUT2D eigenvalue weighted by Gasteiger charge is -2.13. The number of anilines is 1. The van der Waals surface area contributed by atoms with Gasteiger partial charge in [0.05, 0.1) is 23.1 Å². The van der Waals surface area contributed by atoms with Crippen LogP contribution in [-0.4, -0.2) is 15.0 Å². The van der Waals surface area contributed by atoms with Gasteiger partial charge >= 0.3 is 0 Å². The van der Waals surface area contributed by atoms with Crippen molar-refractivity contribution in [1.82, 2.24) is 15.0 Å². The lowest BCUT2D eigenvalue weighted by atomic mass is 10.0. The molecule has 4 heteroatoms. The van der Waals surface area contributed by atoms with Crippen LogP contribution >= 0.6 is 0 Å². The van der Waals surface area contributed by atoms with Gasteiger partial charge in [-0.25, -0.2) is 9.97 Å². The highest BCUT2D eigenvalue weighted by molar-refractivity contribution is 6.01. The number of aryl methyl sites for hydroxylation is 1. The Morgan fingerprint density at radius 3 is 2.33 bits per heavy atom. The summed E-state index contributed by atoms with van der Waals surface area (Å²) in [5.41, 5.74) is 4.20. The molecule has 0 amide bonds. The summed E-state index contributed by atoms with van der Waals surface area (Å²) in [5, 5.41) is 4.48. The number of nitrogens with zero attached hydrogens (tertiary/aromatic N) is 3. The Labute approximate surface area is 160 Å². The van der Waals surface area contributed by atoms with Crippen LogP contribution in [0.4, 0.5) is 5.82 Å². The summed E-state index contributed by atoms with van der Waals surface area (Å²) in [6.45, 7) is 6.54. The first kappa shape index (κ1) is 18.5. The van der Waals surface area contributed by atoms with Crippen molar-refractivity contribution in [2.45, 2.75) is 27.3 Å². The Kier molecular flexibility index (Phi) is 6.10. The van der Waals surface area contributed by atoms with Gasteiger partial charge in [-0.1, -0.05) is 62.4 Å². The van der Waals surface area contributed by atoms with Crippen LogP contribution < -0.4 is 5.32 Å². The van der Waals surface area contributed by atoms with Crippen molar-refractivity contribution in [2.24, 2.45) is 0 Å². The van der Waals surface area contributed by atoms with E-state index >= 15 is 0 Å². The maximum atomic E-state index is 4.65. The molecule has 0 unspecified atom stereocenters. The van der Waals surface area contributed by atoms with Crippen molar-refractivity contribution in [3.63, 3.8) is 0 Å². The minimum atomic E-state index is 0.621. The third-order valence-corrected chi connectivity index (χ3v) is 4.08. The Morgan fingerprint density at radius 1 is 0.815 bits per heavy atom. The second-order valence-corrected chi connectivity index (χ2v) is 5.86. The minimum absolute atomic E-state index is 0.621. The smallest absolute Gasteiger partial charge is 0.138 e. The van der Waals surface area contributed by atoms with Crippen LogP contribution in [0.5, 0.6) is 0 Å². The molecule has 0 aliphatic carbocycles. The van der Waals surface area contributed by atoms with E-state index < -0.39 is 0 Å². The molecule has 4 nitrogen and oxygen atoms in total. The monoisotopic (exact) mass is 356 g/mol. The summed E-state index contributed by atoms with van der Waals surface area (Å²) >= 11 is 0. The van der Waals surface area contributed by atoms with E-state index in [9.17, 15) is 0 Å². The zero-order chi connectivity index (χ0) is 19.1. The molecule has 2 aromatic heterocycles. The van der Waals surface area contributed by atoms with Crippen LogP contribution in [0.15, 0.2) is 72.9 Å². The highest BCUT2D eigenvalue weighted by atomic mass is 15.0. The first-order chi connectivity index (χ1) is 13.3. The molecule has 0 radical (unpaired) electrons. The fraction of sp³-hybridized carbons (Fsp3) is 0.174. The SMILES string of the molecule is CC.Cc1nc(NCc2ccccn2)c2c(-c3ccccc3)cccc2n1. The third kappa shape index (κ3) is 4.29. The lowest BCUT2D eigenvalue weighted by molar-refractivity contribution is 1.01. The van der Waals surface area contributed by atoms with E-state index in [4.69, 9.17) is 0 Å². The molecule has 136 valence electrons. The van der Waals surface area contributed by atoms with E-state index in [1.807, 2.05) is 69.3 Å². The van der Waals surface area contributed by atoms with Crippen LogP contribution in [0.3, 0.4) is 0 Å². The topological polar surface area (TPSA) is 50.7 Å². The highest BCUT2D eigenvalue weighted by Crippen LogP contribution is 2.32. The minimum Gasteiger partial charge on any atom is -0.364 e. The molecule has 0 fully saturated rings. The molecular weight excluding hydrogens is 332 g/mol. The Morgan fingerprint density at radius 2 is 1.59 bits per heavy atom. The van der Waals surface area contributed by atoms with Crippen molar-refractivity contribution in [1.29, 1.82) is 0 Å². The Balaban J connectivity index is 0.00000102. The van der Waals surface area contributed by atoms with Crippen molar-refractivity contribution >= 4 is 16.7 Å². The van der Waals surface area contributed by atoms with Gasteiger partial charge in [0.1, 0.15) is 11.6 Å². The van der Waals surface area contributed by atoms with Gasteiger partial charge in [-0.05, 0) is 36.2 Å². The highest BCUT2D eigenvalue weighted by Gasteiger charge is 2.11. The third-order valence-electron chi connectivity index (χ3n) is 4.08. The average molecular weight is 356 g/mol. The van der Waals surface area contributed by atoms with Gasteiger partial charge in [0.15, 0.2) is 0 Å². The van der Waals surface area contributed by atoms with Gasteiger partial charge < -0.3 is 5.32 Å². The van der Waals surface area contributed by atoms with E-state index in [0.29, 0.717) is 6.54 Å². The van der Waals surface area contributed by atoms with Crippen LogP contribution in [0.1, 0.15) is 25.4 Å². The van der Waals surface area contributed by atoms with Crippen molar-refractivity contribution in [2.75, 3.05) is 5.32 Å². The molecule has 1 N–H and O–H groups in total. The first-order valence-electron chi connectivity index (χ1n) is 9.28. The number of pyridine rings is 1. The molecular formula is C23H24N4. The molecule has 0 atom stereocenters. The molecule has 4 aromatic rings. The molecule has 0 spiro atoms. The Hall–Kier alpha value is -3.27. The van der Waals surface area contributed by atoms with Crippen LogP contribution in [-0.2, 0) is 6.54 Å². The van der Waals surface area contributed by atoms with E-state index in [-0.39, 0.29) is 0 Å². The molecule has 0 aliphatic heterocycles. The fourth-order valence-corrected chi connectivity index (χ4v) is 2.96. The van der Waals surface area contributed by atoms with Crippen molar-refractivity contribution in [3.05, 3.63) is 84.4 Å². The number of hydrogen-bond donors (Lipinski definition) is 1. The van der Waals surface area contributed by atoms with Crippen LogP contribution in [0.2, 0.25) is 0 Å². The number of fused-ring (bicyclic) bond motifs is 1. The van der Waals surface area contributed by atoms with Crippen LogP contribution in [0.25, 0.3) is 22.0 Å². The molecule has 4 rings (SSSR count). The molecule has 0 bridgehead atoms. The molecule has 2 aromatic carbocycles. The second kappa shape index (κ2) is 8.90. The molecule has 27 heavy (non-hydrogen) atoms. The number of hydrogen-bond acceptors (Lipinski definition) is 4. The van der Waals surface area contributed by atoms with Crippen molar-refractivity contribution < 1.29 is 0 Å². The Bertz CT molecular complexity index is 999. The normalized spacial score (nSPS) is 10.2. The number of benzene rings is 2. The second-order valence-electron chi connectivity index (χ2n) is 5.86. The summed E-state index contributed by atoms with van der Waals surface area (Å²) in [5.74, 6) is 1.59. The summed E-state index contributed by atoms with van der Waals surface area (Å²) in [6, 6.07) is 22.4. The number of nitrogens with one attached hydrogen (secondary N) is 1. The summed E-state index contributed by atoms with van der Waals surface area (Å²) in [7, 11) is 0. The van der Waals surface area contributed by atoms with Gasteiger partial charge in [0.25, 0.3) is 0 Å². The van der Waals surface area contributed by atoms with E-state index in [1.54, 1.807) is 6.20 Å². The lowest BCUT2D eigenvalue weighted by Crippen LogP contribution is -2.06. The van der Waals surface area contributed by atoms with Crippen molar-refractivity contribution in [3.8, 4) is 11.1 Å². The average Bonchev–Trinajstić information content (AvgIpc) is 2.74. The molecule has 0 saturated heterocycles. The molecule has 0 aliphatic rings. The molecule has 2 heterocycles. The maximum Gasteiger partial charge on any atom is 0.138 e. The summed E-state index contributed by atoms with van der Waals surface area (Å²) < 4.78 is 0. The van der Waals surface area contributed by atoms with Crippen LogP contribution in [0, 0.1) is 6.92 Å². The first-order valence-corrected chi connectivity index (χ1v) is 9.28. The molecule has 0 saturated carbocycles. The number of rotatable bonds is 4. The van der Waals surface area contributed by atoms with Gasteiger partial charge in [0.2, 0.25) is 0 Å². The summed E-state index contributed by atoms with van der Waals surface area (Å²) in [6.07, 6.45) is 1.80. The zero-order valence-electron chi connectivity index (χ0n) is 16.0. The van der Waals surface area contributed by atoms with E-state index in [2.05, 4.69) is 38.5 Å². The zero-order valence-corrected chi connectivity index (χ0v) is 16.0.